The molecule has 1 aromatic carbocycles. The Bertz CT molecular complexity index is 1060. The predicted molar refractivity (Wildman–Crippen MR) is 120 cm³/mol. The number of hydrogen-bond acceptors (Lipinski definition) is 7. The van der Waals surface area contributed by atoms with Gasteiger partial charge in [0.15, 0.2) is 0 Å². The highest BCUT2D eigenvalue weighted by Gasteiger charge is 2.22. The van der Waals surface area contributed by atoms with E-state index >= 15 is 0 Å². The van der Waals surface area contributed by atoms with Gasteiger partial charge in [0.25, 0.3) is 0 Å². The van der Waals surface area contributed by atoms with Crippen molar-refractivity contribution in [3.63, 3.8) is 0 Å². The lowest BCUT2D eigenvalue weighted by Crippen LogP contribution is -2.19. The summed E-state index contributed by atoms with van der Waals surface area (Å²) in [6, 6.07) is 5.30. The first-order chi connectivity index (χ1) is 14.5. The molecule has 1 unspecified atom stereocenters. The lowest BCUT2D eigenvalue weighted by atomic mass is 10.1. The fraction of sp³-hybridized carbons (Fsp3) is 0.333. The van der Waals surface area contributed by atoms with Gasteiger partial charge in [0.05, 0.1) is 36.1 Å². The summed E-state index contributed by atoms with van der Waals surface area (Å²) in [6.07, 6.45) is 3.92. The molecule has 0 aliphatic carbocycles. The van der Waals surface area contributed by atoms with E-state index in [2.05, 4.69) is 10.3 Å². The maximum atomic E-state index is 6.61. The van der Waals surface area contributed by atoms with Gasteiger partial charge >= 0.3 is 0 Å². The Morgan fingerprint density at radius 1 is 1.17 bits per heavy atom. The van der Waals surface area contributed by atoms with Gasteiger partial charge < -0.3 is 25.3 Å². The van der Waals surface area contributed by atoms with Crippen molar-refractivity contribution in [1.29, 1.82) is 0 Å². The molecule has 4 rings (SSSR count). The summed E-state index contributed by atoms with van der Waals surface area (Å²) in [5, 5.41) is 5.79. The van der Waals surface area contributed by atoms with Crippen LogP contribution in [0.3, 0.4) is 0 Å². The number of halogens is 2. The summed E-state index contributed by atoms with van der Waals surface area (Å²) in [5.41, 5.74) is 7.01. The number of ether oxygens (including phenoxy) is 3. The summed E-state index contributed by atoms with van der Waals surface area (Å²) in [5.74, 6) is 1.95. The van der Waals surface area contributed by atoms with Gasteiger partial charge in [-0.25, -0.2) is 9.97 Å². The van der Waals surface area contributed by atoms with Gasteiger partial charge in [-0.05, 0) is 25.0 Å². The molecule has 9 heteroatoms. The minimum atomic E-state index is 0.147. The van der Waals surface area contributed by atoms with Crippen molar-refractivity contribution in [3.8, 4) is 22.8 Å². The van der Waals surface area contributed by atoms with E-state index in [-0.39, 0.29) is 6.10 Å². The number of nitrogen functional groups attached to an aromatic ring is 1. The molecule has 1 aliphatic rings. The summed E-state index contributed by atoms with van der Waals surface area (Å²) in [6.45, 7) is 1.42. The van der Waals surface area contributed by atoms with Gasteiger partial charge in [0.1, 0.15) is 23.1 Å². The zero-order chi connectivity index (χ0) is 21.3. The first kappa shape index (κ1) is 20.8. The molecular formula is C21H22Cl2N4O3. The Kier molecular flexibility index (Phi) is 6.04. The van der Waals surface area contributed by atoms with E-state index < -0.39 is 0 Å². The number of nitrogens with one attached hydrogen (secondary N) is 1. The summed E-state index contributed by atoms with van der Waals surface area (Å²) < 4.78 is 16.5. The van der Waals surface area contributed by atoms with Crippen molar-refractivity contribution < 1.29 is 14.2 Å². The highest BCUT2D eigenvalue weighted by molar-refractivity contribution is 6.41. The number of nitrogens with zero attached hydrogens (tertiary/aromatic N) is 2. The molecule has 1 saturated heterocycles. The van der Waals surface area contributed by atoms with Crippen LogP contribution in [0.4, 0.5) is 11.6 Å². The van der Waals surface area contributed by atoms with Crippen LogP contribution in [0, 0.1) is 0 Å². The first-order valence-electron chi connectivity index (χ1n) is 9.54. The molecule has 1 fully saturated rings. The molecule has 0 saturated carbocycles. The lowest BCUT2D eigenvalue weighted by molar-refractivity contribution is 0.120. The fourth-order valence-electron chi connectivity index (χ4n) is 3.55. The average Bonchev–Trinajstić information content (AvgIpc) is 3.26. The molecule has 7 nitrogen and oxygen atoms in total. The normalized spacial score (nSPS) is 16.1. The van der Waals surface area contributed by atoms with E-state index in [0.717, 1.165) is 30.2 Å². The topological polar surface area (TPSA) is 91.5 Å². The number of hydrogen-bond donors (Lipinski definition) is 2. The molecule has 3 heterocycles. The van der Waals surface area contributed by atoms with E-state index in [4.69, 9.17) is 48.1 Å². The highest BCUT2D eigenvalue weighted by Crippen LogP contribution is 2.46. The maximum Gasteiger partial charge on any atom is 0.141 e. The number of aromatic nitrogens is 2. The SMILES string of the molecule is COc1cc(OC)c(Cl)c(-c2cc3cnc(N)cc3c(NCC3CCCO3)n2)c1Cl. The third-order valence-electron chi connectivity index (χ3n) is 5.09. The highest BCUT2D eigenvalue weighted by atomic mass is 35.5. The van der Waals surface area contributed by atoms with Gasteiger partial charge in [-0.2, -0.15) is 0 Å². The number of nitrogens with two attached hydrogens (primary N) is 1. The molecule has 1 aliphatic heterocycles. The predicted octanol–water partition coefficient (Wildman–Crippen LogP) is 4.79. The molecule has 30 heavy (non-hydrogen) atoms. The van der Waals surface area contributed by atoms with Gasteiger partial charge in [0.2, 0.25) is 0 Å². The van der Waals surface area contributed by atoms with Gasteiger partial charge in [-0.3, -0.25) is 0 Å². The van der Waals surface area contributed by atoms with Crippen LogP contribution in [-0.4, -0.2) is 43.4 Å². The number of anilines is 2. The summed E-state index contributed by atoms with van der Waals surface area (Å²) in [4.78, 5) is 9.03. The summed E-state index contributed by atoms with van der Waals surface area (Å²) in [7, 11) is 3.07. The second-order valence-corrected chi connectivity index (χ2v) is 7.74. The van der Waals surface area contributed by atoms with Crippen LogP contribution >= 0.6 is 23.2 Å². The van der Waals surface area contributed by atoms with Crippen molar-refractivity contribution in [1.82, 2.24) is 9.97 Å². The minimum Gasteiger partial charge on any atom is -0.495 e. The zero-order valence-corrected chi connectivity index (χ0v) is 18.2. The number of pyridine rings is 2. The smallest absolute Gasteiger partial charge is 0.141 e. The number of rotatable bonds is 6. The quantitative estimate of drug-likeness (QED) is 0.559. The standard InChI is InChI=1S/C21H22Cl2N4O3/c1-28-15-8-16(29-2)20(23)18(19(15)22)14-6-11-9-25-17(24)7-13(11)21(27-14)26-10-12-4-3-5-30-12/h6-9,12H,3-5,10H2,1-2H3,(H2,24,25)(H,26,27). The Morgan fingerprint density at radius 2 is 1.90 bits per heavy atom. The first-order valence-corrected chi connectivity index (χ1v) is 10.3. The van der Waals surface area contributed by atoms with E-state index in [1.165, 1.54) is 14.2 Å². The van der Waals surface area contributed by atoms with Crippen LogP contribution in [0.5, 0.6) is 11.5 Å². The van der Waals surface area contributed by atoms with E-state index in [1.54, 1.807) is 18.3 Å². The van der Waals surface area contributed by atoms with Crippen LogP contribution in [0.2, 0.25) is 10.0 Å². The second-order valence-electron chi connectivity index (χ2n) is 6.99. The molecule has 0 radical (unpaired) electrons. The Hall–Kier alpha value is -2.48. The Labute approximate surface area is 184 Å². The summed E-state index contributed by atoms with van der Waals surface area (Å²) >= 11 is 13.2. The second kappa shape index (κ2) is 8.71. The third kappa shape index (κ3) is 3.93. The van der Waals surface area contributed by atoms with Crippen LogP contribution in [0.15, 0.2) is 24.4 Å². The number of fused-ring (bicyclic) bond motifs is 1. The third-order valence-corrected chi connectivity index (χ3v) is 5.84. The van der Waals surface area contributed by atoms with E-state index in [1.807, 2.05) is 6.07 Å². The monoisotopic (exact) mass is 448 g/mol. The Balaban J connectivity index is 1.86. The van der Waals surface area contributed by atoms with E-state index in [0.29, 0.717) is 51.0 Å². The van der Waals surface area contributed by atoms with Crippen LogP contribution < -0.4 is 20.5 Å². The molecular weight excluding hydrogens is 427 g/mol. The molecule has 3 N–H and O–H groups in total. The lowest BCUT2D eigenvalue weighted by Gasteiger charge is -2.17. The molecule has 3 aromatic rings. The van der Waals surface area contributed by atoms with Gasteiger partial charge in [-0.15, -0.1) is 0 Å². The van der Waals surface area contributed by atoms with Gasteiger partial charge in [-0.1, -0.05) is 23.2 Å². The largest absolute Gasteiger partial charge is 0.495 e. The average molecular weight is 449 g/mol. The molecule has 2 aromatic heterocycles. The fourth-order valence-corrected chi connectivity index (χ4v) is 4.25. The minimum absolute atomic E-state index is 0.147. The van der Waals surface area contributed by atoms with Crippen LogP contribution in [-0.2, 0) is 4.74 Å². The van der Waals surface area contributed by atoms with Crippen LogP contribution in [0.1, 0.15) is 12.8 Å². The zero-order valence-electron chi connectivity index (χ0n) is 16.7. The van der Waals surface area contributed by atoms with Crippen molar-refractivity contribution in [3.05, 3.63) is 34.4 Å². The number of methoxy groups -OCH3 is 2. The molecule has 0 spiro atoms. The van der Waals surface area contributed by atoms with Crippen molar-refractivity contribution in [2.24, 2.45) is 0 Å². The molecule has 0 amide bonds. The molecule has 0 bridgehead atoms. The van der Waals surface area contributed by atoms with Gasteiger partial charge in [0, 0.05) is 41.8 Å². The Morgan fingerprint density at radius 3 is 2.53 bits per heavy atom. The van der Waals surface area contributed by atoms with Crippen molar-refractivity contribution in [2.45, 2.75) is 18.9 Å². The maximum absolute atomic E-state index is 6.61. The number of benzene rings is 1. The molecule has 158 valence electrons. The van der Waals surface area contributed by atoms with Crippen molar-refractivity contribution in [2.75, 3.05) is 38.4 Å². The van der Waals surface area contributed by atoms with Crippen molar-refractivity contribution >= 4 is 45.6 Å². The molecule has 1 atom stereocenters. The van der Waals surface area contributed by atoms with Crippen LogP contribution in [0.25, 0.3) is 22.0 Å². The van der Waals surface area contributed by atoms with E-state index in [9.17, 15) is 0 Å².